The Kier molecular flexibility index (Phi) is 13.1. The van der Waals surface area contributed by atoms with Crippen molar-refractivity contribution < 1.29 is 5.11 Å². The Morgan fingerprint density at radius 2 is 1.19 bits per heavy atom. The van der Waals surface area contributed by atoms with Crippen LogP contribution in [0, 0.1) is 0 Å². The van der Waals surface area contributed by atoms with Gasteiger partial charge in [-0.05, 0) is 48.6 Å². The Morgan fingerprint density at radius 3 is 1.70 bits per heavy atom. The van der Waals surface area contributed by atoms with Gasteiger partial charge in [-0.2, -0.15) is 23.5 Å². The van der Waals surface area contributed by atoms with E-state index >= 15 is 0 Å². The molecule has 148 valence electrons. The number of aliphatic hydroxyl groups excluding tert-OH is 1. The van der Waals surface area contributed by atoms with Crippen LogP contribution in [0.4, 0.5) is 0 Å². The predicted octanol–water partition coefficient (Wildman–Crippen LogP) is 6.89. The first-order chi connectivity index (χ1) is 13.3. The molecular formula is C21H28OS5. The van der Waals surface area contributed by atoms with E-state index in [1.807, 2.05) is 58.8 Å². The lowest BCUT2D eigenvalue weighted by atomic mass is 10.4. The number of aliphatic hydroxyl groups is 1. The molecule has 0 heterocycles. The summed E-state index contributed by atoms with van der Waals surface area (Å²) in [5.41, 5.74) is 0. The first kappa shape index (κ1) is 23.4. The minimum atomic E-state index is 0.274. The van der Waals surface area contributed by atoms with Crippen molar-refractivity contribution in [2.24, 2.45) is 0 Å². The smallest absolute Gasteiger partial charge is 0.0521 e. The van der Waals surface area contributed by atoms with Gasteiger partial charge in [0.05, 0.1) is 6.61 Å². The van der Waals surface area contributed by atoms with Gasteiger partial charge in [0.15, 0.2) is 0 Å². The highest BCUT2D eigenvalue weighted by atomic mass is 32.2. The molecule has 2 rings (SSSR count). The molecular weight excluding hydrogens is 429 g/mol. The minimum absolute atomic E-state index is 0.274. The van der Waals surface area contributed by atoms with Crippen LogP contribution in [0.1, 0.15) is 13.3 Å². The lowest BCUT2D eigenvalue weighted by Crippen LogP contribution is -1.90. The van der Waals surface area contributed by atoms with Crippen molar-refractivity contribution in [2.45, 2.75) is 32.9 Å². The first-order valence-corrected chi connectivity index (χ1v) is 14.3. The maximum Gasteiger partial charge on any atom is 0.0521 e. The van der Waals surface area contributed by atoms with Crippen molar-refractivity contribution in [1.82, 2.24) is 0 Å². The summed E-state index contributed by atoms with van der Waals surface area (Å²) in [6, 6.07) is 17.7. The summed E-state index contributed by atoms with van der Waals surface area (Å²) in [6.07, 6.45) is 1.26. The van der Waals surface area contributed by atoms with Gasteiger partial charge in [-0.25, -0.2) is 0 Å². The third-order valence-corrected chi connectivity index (χ3v) is 9.06. The van der Waals surface area contributed by atoms with Crippen molar-refractivity contribution in [3.05, 3.63) is 48.5 Å². The summed E-state index contributed by atoms with van der Waals surface area (Å²) in [5, 5.41) is 8.83. The molecule has 0 amide bonds. The van der Waals surface area contributed by atoms with Crippen molar-refractivity contribution in [2.75, 3.05) is 41.1 Å². The number of hydrogen-bond donors (Lipinski definition) is 1. The van der Waals surface area contributed by atoms with E-state index in [9.17, 15) is 0 Å². The number of hydrogen-bond acceptors (Lipinski definition) is 6. The molecule has 0 radical (unpaired) electrons. The van der Waals surface area contributed by atoms with Gasteiger partial charge >= 0.3 is 0 Å². The topological polar surface area (TPSA) is 20.2 Å². The summed E-state index contributed by atoms with van der Waals surface area (Å²) in [4.78, 5) is 5.29. The molecule has 2 aromatic rings. The highest BCUT2D eigenvalue weighted by molar-refractivity contribution is 8.03. The molecule has 0 saturated heterocycles. The molecule has 0 aromatic heterocycles. The number of benzene rings is 2. The summed E-state index contributed by atoms with van der Waals surface area (Å²) < 4.78 is 0. The molecule has 1 N–H and O–H groups in total. The van der Waals surface area contributed by atoms with E-state index in [1.165, 1.54) is 43.3 Å². The molecule has 1 nitrogen and oxygen atoms in total. The Bertz CT molecular complexity index is 594. The maximum absolute atomic E-state index is 8.83. The molecule has 2 aromatic carbocycles. The van der Waals surface area contributed by atoms with Crippen LogP contribution in [0.25, 0.3) is 0 Å². The third kappa shape index (κ3) is 10.5. The molecule has 0 unspecified atom stereocenters. The fraction of sp³-hybridized carbons (Fsp3) is 0.429. The van der Waals surface area contributed by atoms with Crippen molar-refractivity contribution in [3.63, 3.8) is 0 Å². The van der Waals surface area contributed by atoms with Crippen LogP contribution < -0.4 is 0 Å². The van der Waals surface area contributed by atoms with E-state index < -0.39 is 0 Å². The molecule has 6 heteroatoms. The van der Waals surface area contributed by atoms with Crippen molar-refractivity contribution in [3.8, 4) is 0 Å². The van der Waals surface area contributed by atoms with Gasteiger partial charge in [-0.3, -0.25) is 0 Å². The third-order valence-electron chi connectivity index (χ3n) is 3.42. The fourth-order valence-corrected chi connectivity index (χ4v) is 7.00. The maximum atomic E-state index is 8.83. The van der Waals surface area contributed by atoms with Crippen molar-refractivity contribution in [1.29, 1.82) is 0 Å². The van der Waals surface area contributed by atoms with Gasteiger partial charge in [0, 0.05) is 48.3 Å². The summed E-state index contributed by atoms with van der Waals surface area (Å²) in [7, 11) is 0. The Hall–Kier alpha value is 0.150. The number of thioether (sulfide) groups is 4. The molecule has 0 atom stereocenters. The normalized spacial score (nSPS) is 11.0. The van der Waals surface area contributed by atoms with Crippen LogP contribution in [-0.4, -0.2) is 46.2 Å². The van der Waals surface area contributed by atoms with E-state index in [1.54, 1.807) is 0 Å². The molecule has 27 heavy (non-hydrogen) atoms. The van der Waals surface area contributed by atoms with Gasteiger partial charge in [-0.1, -0.05) is 30.8 Å². The van der Waals surface area contributed by atoms with E-state index in [0.717, 1.165) is 17.3 Å². The summed E-state index contributed by atoms with van der Waals surface area (Å²) in [6.45, 7) is 2.51. The zero-order chi connectivity index (χ0) is 19.2. The van der Waals surface area contributed by atoms with Crippen molar-refractivity contribution >= 4 is 58.8 Å². The standard InChI is InChI=1S/C21H28OS5/c1-2-10-23-12-14-25-18-5-3-7-20(16-18)27-21-8-4-6-19(17-21)26-15-13-24-11-9-22/h3-8,16-17,22H,2,9-15H2,1H3. The van der Waals surface area contributed by atoms with Crippen LogP contribution >= 0.6 is 58.8 Å². The quantitative estimate of drug-likeness (QED) is 0.245. The van der Waals surface area contributed by atoms with Gasteiger partial charge in [-0.15, -0.1) is 23.5 Å². The van der Waals surface area contributed by atoms with Crippen LogP contribution in [-0.2, 0) is 0 Å². The predicted molar refractivity (Wildman–Crippen MR) is 130 cm³/mol. The lowest BCUT2D eigenvalue weighted by Gasteiger charge is -2.07. The van der Waals surface area contributed by atoms with Crippen LogP contribution in [0.3, 0.4) is 0 Å². The molecule has 0 spiro atoms. The molecule has 0 bridgehead atoms. The van der Waals surface area contributed by atoms with E-state index in [0.29, 0.717) is 0 Å². The highest BCUT2D eigenvalue weighted by Crippen LogP contribution is 2.33. The fourth-order valence-electron chi connectivity index (χ4n) is 2.24. The highest BCUT2D eigenvalue weighted by Gasteiger charge is 2.02. The van der Waals surface area contributed by atoms with Gasteiger partial charge < -0.3 is 5.11 Å². The summed E-state index contributed by atoms with van der Waals surface area (Å²) in [5.74, 6) is 6.68. The second-order valence-corrected chi connectivity index (χ2v) is 11.6. The number of rotatable bonds is 14. The molecule has 0 aliphatic rings. The van der Waals surface area contributed by atoms with E-state index in [4.69, 9.17) is 5.11 Å². The zero-order valence-electron chi connectivity index (χ0n) is 15.8. The molecule has 0 saturated carbocycles. The second kappa shape index (κ2) is 15.1. The summed E-state index contributed by atoms with van der Waals surface area (Å²) >= 11 is 9.55. The monoisotopic (exact) mass is 456 g/mol. The van der Waals surface area contributed by atoms with E-state index in [2.05, 4.69) is 55.5 Å². The Labute approximate surface area is 185 Å². The zero-order valence-corrected chi connectivity index (χ0v) is 19.8. The molecule has 0 fully saturated rings. The van der Waals surface area contributed by atoms with E-state index in [-0.39, 0.29) is 6.61 Å². The lowest BCUT2D eigenvalue weighted by molar-refractivity contribution is 0.322. The largest absolute Gasteiger partial charge is 0.396 e. The molecule has 0 aliphatic carbocycles. The van der Waals surface area contributed by atoms with Crippen LogP contribution in [0.2, 0.25) is 0 Å². The van der Waals surface area contributed by atoms with Gasteiger partial charge in [0.25, 0.3) is 0 Å². The average Bonchev–Trinajstić information content (AvgIpc) is 2.68. The SMILES string of the molecule is CCCSCCSc1cccc(Sc2cccc(SCCSCCO)c2)c1. The molecule has 0 aliphatic heterocycles. The van der Waals surface area contributed by atoms with Gasteiger partial charge in [0.2, 0.25) is 0 Å². The average molecular weight is 457 g/mol. The minimum Gasteiger partial charge on any atom is -0.396 e. The Morgan fingerprint density at radius 1 is 0.667 bits per heavy atom. The van der Waals surface area contributed by atoms with Gasteiger partial charge in [0.1, 0.15) is 0 Å². The van der Waals surface area contributed by atoms with Crippen LogP contribution in [0.15, 0.2) is 68.1 Å². The first-order valence-electron chi connectivity index (χ1n) is 9.21. The van der Waals surface area contributed by atoms with Crippen LogP contribution in [0.5, 0.6) is 0 Å². The Balaban J connectivity index is 1.82. The second-order valence-electron chi connectivity index (χ2n) is 5.70.